The van der Waals surface area contributed by atoms with Crippen LogP contribution in [0.25, 0.3) is 11.3 Å². The Labute approximate surface area is 158 Å². The molecule has 0 fully saturated rings. The van der Waals surface area contributed by atoms with Crippen LogP contribution in [0, 0.1) is 0 Å². The Balaban J connectivity index is 1.65. The van der Waals surface area contributed by atoms with Crippen LogP contribution < -0.4 is 14.9 Å². The number of methoxy groups -OCH3 is 2. The predicted octanol–water partition coefficient (Wildman–Crippen LogP) is 5.04. The summed E-state index contributed by atoms with van der Waals surface area (Å²) in [5, 5.41) is 6.95. The maximum atomic E-state index is 5.21. The van der Waals surface area contributed by atoms with Crippen LogP contribution in [0.15, 0.2) is 57.4 Å². The average molecular weight is 418 g/mol. The minimum atomic E-state index is 0.731. The van der Waals surface area contributed by atoms with E-state index in [1.165, 1.54) is 11.3 Å². The molecule has 128 valence electrons. The molecule has 0 saturated carbocycles. The van der Waals surface area contributed by atoms with Crippen molar-refractivity contribution in [2.24, 2.45) is 5.10 Å². The molecule has 1 aromatic heterocycles. The summed E-state index contributed by atoms with van der Waals surface area (Å²) in [7, 11) is 3.29. The highest BCUT2D eigenvalue weighted by Gasteiger charge is 2.04. The lowest BCUT2D eigenvalue weighted by molar-refractivity contribution is 0.412. The van der Waals surface area contributed by atoms with Crippen LogP contribution in [0.1, 0.15) is 5.56 Å². The van der Waals surface area contributed by atoms with E-state index in [1.807, 2.05) is 47.8 Å². The Kier molecular flexibility index (Phi) is 5.67. The van der Waals surface area contributed by atoms with Crippen LogP contribution in [0.5, 0.6) is 11.5 Å². The Morgan fingerprint density at radius 2 is 1.92 bits per heavy atom. The van der Waals surface area contributed by atoms with Crippen molar-refractivity contribution in [3.05, 3.63) is 57.9 Å². The van der Waals surface area contributed by atoms with Gasteiger partial charge in [-0.2, -0.15) is 5.10 Å². The molecule has 0 bridgehead atoms. The van der Waals surface area contributed by atoms with Crippen molar-refractivity contribution in [2.75, 3.05) is 19.6 Å². The third kappa shape index (κ3) is 4.37. The van der Waals surface area contributed by atoms with E-state index in [2.05, 4.69) is 31.4 Å². The number of hydrogen-bond acceptors (Lipinski definition) is 6. The summed E-state index contributed by atoms with van der Waals surface area (Å²) >= 11 is 4.96. The molecule has 0 saturated heterocycles. The number of halogens is 1. The molecule has 0 aliphatic rings. The molecule has 3 rings (SSSR count). The lowest BCUT2D eigenvalue weighted by atomic mass is 10.2. The van der Waals surface area contributed by atoms with Gasteiger partial charge in [0.2, 0.25) is 5.13 Å². The molecule has 5 nitrogen and oxygen atoms in total. The first kappa shape index (κ1) is 17.4. The summed E-state index contributed by atoms with van der Waals surface area (Å²) in [5.41, 5.74) is 5.85. The van der Waals surface area contributed by atoms with Crippen LogP contribution in [-0.4, -0.2) is 25.4 Å². The smallest absolute Gasteiger partial charge is 0.203 e. The van der Waals surface area contributed by atoms with E-state index in [0.717, 1.165) is 37.9 Å². The number of anilines is 1. The van der Waals surface area contributed by atoms with Gasteiger partial charge >= 0.3 is 0 Å². The fourth-order valence-electron chi connectivity index (χ4n) is 2.14. The summed E-state index contributed by atoms with van der Waals surface area (Å²) < 4.78 is 11.3. The molecule has 0 atom stereocenters. The Bertz CT molecular complexity index is 878. The number of hydrazone groups is 1. The average Bonchev–Trinajstić information content (AvgIpc) is 3.11. The fraction of sp³-hybridized carbons (Fsp3) is 0.111. The topological polar surface area (TPSA) is 55.7 Å². The van der Waals surface area contributed by atoms with Gasteiger partial charge in [-0.05, 0) is 64.0 Å². The molecule has 7 heteroatoms. The van der Waals surface area contributed by atoms with Crippen molar-refractivity contribution >= 4 is 38.6 Å². The molecule has 0 amide bonds. The van der Waals surface area contributed by atoms with Gasteiger partial charge in [-0.25, -0.2) is 4.98 Å². The first-order valence-corrected chi connectivity index (χ1v) is 9.09. The molecular formula is C18H16BrN3O2S. The maximum Gasteiger partial charge on any atom is 0.203 e. The van der Waals surface area contributed by atoms with Crippen LogP contribution in [0.2, 0.25) is 0 Å². The molecule has 1 heterocycles. The molecule has 0 unspecified atom stereocenters. The SMILES string of the molecule is COc1ccc(-c2csc(N/N=C\c3ccc(OC)c(Br)c3)n2)cc1. The highest BCUT2D eigenvalue weighted by atomic mass is 79.9. The van der Waals surface area contributed by atoms with Gasteiger partial charge in [-0.1, -0.05) is 0 Å². The van der Waals surface area contributed by atoms with E-state index >= 15 is 0 Å². The number of ether oxygens (including phenoxy) is 2. The molecular weight excluding hydrogens is 402 g/mol. The number of thiazole rings is 1. The Morgan fingerprint density at radius 1 is 1.12 bits per heavy atom. The molecule has 0 aliphatic carbocycles. The molecule has 1 N–H and O–H groups in total. The van der Waals surface area contributed by atoms with E-state index < -0.39 is 0 Å². The standard InChI is InChI=1S/C18H16BrN3O2S/c1-23-14-6-4-13(5-7-14)16-11-25-18(21-16)22-20-10-12-3-8-17(24-2)15(19)9-12/h3-11H,1-2H3,(H,21,22)/b20-10-. The number of hydrogen-bond donors (Lipinski definition) is 1. The van der Waals surface area contributed by atoms with E-state index in [9.17, 15) is 0 Å². The lowest BCUT2D eigenvalue weighted by Gasteiger charge is -2.03. The van der Waals surface area contributed by atoms with E-state index in [1.54, 1.807) is 20.4 Å². The minimum absolute atomic E-state index is 0.731. The normalized spacial score (nSPS) is 10.8. The fourth-order valence-corrected chi connectivity index (χ4v) is 3.37. The number of nitrogens with zero attached hydrogens (tertiary/aromatic N) is 2. The van der Waals surface area contributed by atoms with Crippen LogP contribution in [-0.2, 0) is 0 Å². The zero-order chi connectivity index (χ0) is 17.6. The summed E-state index contributed by atoms with van der Waals surface area (Å²) in [6.07, 6.45) is 1.73. The Morgan fingerprint density at radius 3 is 2.60 bits per heavy atom. The highest BCUT2D eigenvalue weighted by Crippen LogP contribution is 2.27. The van der Waals surface area contributed by atoms with Crippen molar-refractivity contribution in [3.8, 4) is 22.8 Å². The first-order valence-electron chi connectivity index (χ1n) is 7.42. The summed E-state index contributed by atoms with van der Waals surface area (Å²) in [6.45, 7) is 0. The zero-order valence-electron chi connectivity index (χ0n) is 13.7. The van der Waals surface area contributed by atoms with E-state index in [0.29, 0.717) is 0 Å². The summed E-state index contributed by atoms with van der Waals surface area (Å²) in [5.74, 6) is 1.61. The molecule has 0 aliphatic heterocycles. The van der Waals surface area contributed by atoms with Crippen LogP contribution >= 0.6 is 27.3 Å². The molecule has 3 aromatic rings. The van der Waals surface area contributed by atoms with Gasteiger partial charge in [0.15, 0.2) is 0 Å². The molecule has 0 radical (unpaired) electrons. The van der Waals surface area contributed by atoms with Crippen molar-refractivity contribution < 1.29 is 9.47 Å². The van der Waals surface area contributed by atoms with Crippen molar-refractivity contribution in [1.82, 2.24) is 4.98 Å². The number of rotatable bonds is 6. The van der Waals surface area contributed by atoms with Gasteiger partial charge < -0.3 is 9.47 Å². The second-order valence-corrected chi connectivity index (χ2v) is 6.74. The monoisotopic (exact) mass is 417 g/mol. The van der Waals surface area contributed by atoms with Gasteiger partial charge in [0.1, 0.15) is 11.5 Å². The summed E-state index contributed by atoms with van der Waals surface area (Å²) in [4.78, 5) is 4.54. The van der Waals surface area contributed by atoms with Gasteiger partial charge in [0.25, 0.3) is 0 Å². The van der Waals surface area contributed by atoms with Crippen LogP contribution in [0.4, 0.5) is 5.13 Å². The second kappa shape index (κ2) is 8.13. The second-order valence-electron chi connectivity index (χ2n) is 5.03. The zero-order valence-corrected chi connectivity index (χ0v) is 16.1. The van der Waals surface area contributed by atoms with Gasteiger partial charge in [-0.15, -0.1) is 11.3 Å². The van der Waals surface area contributed by atoms with Crippen molar-refractivity contribution in [3.63, 3.8) is 0 Å². The Hall–Kier alpha value is -2.38. The quantitative estimate of drug-likeness (QED) is 0.450. The van der Waals surface area contributed by atoms with Crippen molar-refractivity contribution in [1.29, 1.82) is 0 Å². The number of aromatic nitrogens is 1. The number of nitrogens with one attached hydrogen (secondary N) is 1. The van der Waals surface area contributed by atoms with Crippen molar-refractivity contribution in [2.45, 2.75) is 0 Å². The van der Waals surface area contributed by atoms with E-state index in [-0.39, 0.29) is 0 Å². The third-order valence-electron chi connectivity index (χ3n) is 3.44. The largest absolute Gasteiger partial charge is 0.497 e. The predicted molar refractivity (Wildman–Crippen MR) is 106 cm³/mol. The third-order valence-corrected chi connectivity index (χ3v) is 4.81. The first-order chi connectivity index (χ1) is 12.2. The van der Waals surface area contributed by atoms with Crippen LogP contribution in [0.3, 0.4) is 0 Å². The van der Waals surface area contributed by atoms with E-state index in [4.69, 9.17) is 9.47 Å². The van der Waals surface area contributed by atoms with Gasteiger partial charge in [0.05, 0.1) is 30.6 Å². The maximum absolute atomic E-state index is 5.21. The minimum Gasteiger partial charge on any atom is -0.497 e. The highest BCUT2D eigenvalue weighted by molar-refractivity contribution is 9.10. The van der Waals surface area contributed by atoms with Gasteiger partial charge in [0, 0.05) is 10.9 Å². The summed E-state index contributed by atoms with van der Waals surface area (Å²) in [6, 6.07) is 13.6. The molecule has 0 spiro atoms. The van der Waals surface area contributed by atoms with Gasteiger partial charge in [-0.3, -0.25) is 5.43 Å². The lowest BCUT2D eigenvalue weighted by Crippen LogP contribution is -1.91. The molecule has 25 heavy (non-hydrogen) atoms. The molecule has 2 aromatic carbocycles. The number of benzene rings is 2.